The predicted octanol–water partition coefficient (Wildman–Crippen LogP) is 1.97. The van der Waals surface area contributed by atoms with Gasteiger partial charge in [0.1, 0.15) is 24.5 Å². The van der Waals surface area contributed by atoms with Gasteiger partial charge in [0, 0.05) is 17.7 Å². The van der Waals surface area contributed by atoms with Crippen LogP contribution in [-0.4, -0.2) is 48.5 Å². The predicted molar refractivity (Wildman–Crippen MR) is 117 cm³/mol. The van der Waals surface area contributed by atoms with Gasteiger partial charge in [-0.1, -0.05) is 36.4 Å². The van der Waals surface area contributed by atoms with Gasteiger partial charge in [0.25, 0.3) is 0 Å². The Hall–Kier alpha value is -3.53. The summed E-state index contributed by atoms with van der Waals surface area (Å²) in [5.41, 5.74) is 16.4. The summed E-state index contributed by atoms with van der Waals surface area (Å²) >= 11 is 0. The van der Waals surface area contributed by atoms with E-state index < -0.39 is 18.4 Å². The standard InChI is InChI=1S/C22H22N6O3/c23-15-7-5-13(6-8-15)12-1-3-14(4-2-12)21-27-19-20(24)25-11-26-22(19)28(21)18-9-16(30)17(10-29)31-18/h1-8,11,16-18,29-30H,9-10,23H2,(H2,24,25,26)/t16-,17+,18-/m0/s1. The molecule has 1 saturated heterocycles. The highest BCUT2D eigenvalue weighted by molar-refractivity contribution is 5.85. The summed E-state index contributed by atoms with van der Waals surface area (Å²) in [6.07, 6.45) is -0.316. The Bertz CT molecular complexity index is 1220. The van der Waals surface area contributed by atoms with E-state index in [0.29, 0.717) is 29.1 Å². The normalized spacial score (nSPS) is 21.0. The molecule has 3 atom stereocenters. The smallest absolute Gasteiger partial charge is 0.168 e. The number of hydrogen-bond acceptors (Lipinski definition) is 8. The van der Waals surface area contributed by atoms with Crippen molar-refractivity contribution in [3.05, 3.63) is 54.9 Å². The molecule has 1 aliphatic heterocycles. The van der Waals surface area contributed by atoms with E-state index >= 15 is 0 Å². The summed E-state index contributed by atoms with van der Waals surface area (Å²) in [7, 11) is 0. The fourth-order valence-electron chi connectivity index (χ4n) is 3.93. The lowest BCUT2D eigenvalue weighted by Crippen LogP contribution is -2.24. The first kappa shape index (κ1) is 19.4. The molecule has 0 aliphatic carbocycles. The zero-order valence-corrected chi connectivity index (χ0v) is 16.6. The third kappa shape index (κ3) is 3.38. The second-order valence-corrected chi connectivity index (χ2v) is 7.55. The maximum Gasteiger partial charge on any atom is 0.168 e. The molecule has 2 aromatic carbocycles. The zero-order valence-electron chi connectivity index (χ0n) is 16.6. The average Bonchev–Trinajstić information content (AvgIpc) is 3.35. The molecule has 0 saturated carbocycles. The highest BCUT2D eigenvalue weighted by Crippen LogP contribution is 2.36. The van der Waals surface area contributed by atoms with Crippen LogP contribution in [0.1, 0.15) is 12.6 Å². The monoisotopic (exact) mass is 418 g/mol. The minimum absolute atomic E-state index is 0.265. The van der Waals surface area contributed by atoms with Crippen molar-refractivity contribution in [3.63, 3.8) is 0 Å². The van der Waals surface area contributed by atoms with Crippen LogP contribution in [0.5, 0.6) is 0 Å². The molecule has 9 nitrogen and oxygen atoms in total. The molecule has 2 aromatic heterocycles. The summed E-state index contributed by atoms with van der Waals surface area (Å²) in [6, 6.07) is 15.6. The maximum atomic E-state index is 10.2. The van der Waals surface area contributed by atoms with E-state index in [4.69, 9.17) is 16.2 Å². The highest BCUT2D eigenvalue weighted by Gasteiger charge is 2.37. The molecule has 0 amide bonds. The van der Waals surface area contributed by atoms with Crippen LogP contribution in [0.3, 0.4) is 0 Å². The molecule has 1 aliphatic rings. The van der Waals surface area contributed by atoms with Crippen LogP contribution in [0.4, 0.5) is 11.5 Å². The van der Waals surface area contributed by atoms with Crippen LogP contribution < -0.4 is 11.5 Å². The third-order valence-corrected chi connectivity index (χ3v) is 5.56. The minimum Gasteiger partial charge on any atom is -0.399 e. The van der Waals surface area contributed by atoms with E-state index in [1.165, 1.54) is 6.33 Å². The number of imidazole rings is 1. The number of rotatable bonds is 4. The highest BCUT2D eigenvalue weighted by atomic mass is 16.5. The van der Waals surface area contributed by atoms with Crippen molar-refractivity contribution in [2.75, 3.05) is 18.1 Å². The molecular weight excluding hydrogens is 396 g/mol. The van der Waals surface area contributed by atoms with Crippen molar-refractivity contribution >= 4 is 22.7 Å². The van der Waals surface area contributed by atoms with Crippen LogP contribution >= 0.6 is 0 Å². The second kappa shape index (κ2) is 7.62. The number of nitrogens with zero attached hydrogens (tertiary/aromatic N) is 4. The fourth-order valence-corrected chi connectivity index (χ4v) is 3.93. The van der Waals surface area contributed by atoms with E-state index in [1.807, 2.05) is 53.1 Å². The number of aromatic nitrogens is 4. The Morgan fingerprint density at radius 2 is 1.61 bits per heavy atom. The molecule has 0 unspecified atom stereocenters. The molecule has 31 heavy (non-hydrogen) atoms. The van der Waals surface area contributed by atoms with E-state index in [9.17, 15) is 10.2 Å². The average molecular weight is 418 g/mol. The van der Waals surface area contributed by atoms with Gasteiger partial charge in [-0.3, -0.25) is 4.57 Å². The van der Waals surface area contributed by atoms with Crippen molar-refractivity contribution in [2.45, 2.75) is 24.9 Å². The topological polar surface area (TPSA) is 145 Å². The molecular formula is C22H22N6O3. The van der Waals surface area contributed by atoms with Crippen LogP contribution in [-0.2, 0) is 4.74 Å². The van der Waals surface area contributed by atoms with E-state index in [1.54, 1.807) is 0 Å². The molecule has 5 rings (SSSR count). The quantitative estimate of drug-likeness (QED) is 0.368. The van der Waals surface area contributed by atoms with Gasteiger partial charge in [-0.25, -0.2) is 15.0 Å². The lowest BCUT2D eigenvalue weighted by Gasteiger charge is -2.17. The summed E-state index contributed by atoms with van der Waals surface area (Å²) in [6.45, 7) is -0.271. The van der Waals surface area contributed by atoms with Gasteiger partial charge in [0.05, 0.1) is 12.7 Å². The molecule has 0 spiro atoms. The number of fused-ring (bicyclic) bond motifs is 1. The van der Waals surface area contributed by atoms with Gasteiger partial charge in [-0.15, -0.1) is 0 Å². The molecule has 0 bridgehead atoms. The Balaban J connectivity index is 1.59. The van der Waals surface area contributed by atoms with Gasteiger partial charge in [-0.05, 0) is 23.3 Å². The number of ether oxygens (including phenoxy) is 1. The zero-order chi connectivity index (χ0) is 21.5. The maximum absolute atomic E-state index is 10.2. The summed E-state index contributed by atoms with van der Waals surface area (Å²) in [4.78, 5) is 13.1. The molecule has 158 valence electrons. The first-order valence-corrected chi connectivity index (χ1v) is 9.94. The van der Waals surface area contributed by atoms with E-state index in [-0.39, 0.29) is 12.4 Å². The van der Waals surface area contributed by atoms with Gasteiger partial charge in [0.2, 0.25) is 0 Å². The minimum atomic E-state index is -0.785. The Morgan fingerprint density at radius 1 is 0.968 bits per heavy atom. The largest absolute Gasteiger partial charge is 0.399 e. The molecule has 1 fully saturated rings. The number of anilines is 2. The van der Waals surface area contributed by atoms with Gasteiger partial charge in [-0.2, -0.15) is 0 Å². The van der Waals surface area contributed by atoms with E-state index in [0.717, 1.165) is 16.7 Å². The first-order valence-electron chi connectivity index (χ1n) is 9.94. The number of benzene rings is 2. The molecule has 3 heterocycles. The summed E-state index contributed by atoms with van der Waals surface area (Å²) in [5, 5.41) is 19.7. The van der Waals surface area contributed by atoms with Crippen molar-refractivity contribution in [1.29, 1.82) is 0 Å². The molecule has 4 aromatic rings. The van der Waals surface area contributed by atoms with Crippen molar-refractivity contribution in [1.82, 2.24) is 19.5 Å². The van der Waals surface area contributed by atoms with Gasteiger partial charge in [0.15, 0.2) is 17.0 Å². The molecule has 0 radical (unpaired) electrons. The fraction of sp³-hybridized carbons (Fsp3) is 0.227. The SMILES string of the molecule is Nc1ccc(-c2ccc(-c3nc4c(N)ncnc4n3[C@@H]3C[C@H](O)[C@@H](CO)O3)cc2)cc1. The lowest BCUT2D eigenvalue weighted by molar-refractivity contribution is -0.0426. The number of nitrogens with two attached hydrogens (primary N) is 2. The number of aliphatic hydroxyl groups excluding tert-OH is 2. The van der Waals surface area contributed by atoms with Gasteiger partial charge >= 0.3 is 0 Å². The van der Waals surface area contributed by atoms with Gasteiger partial charge < -0.3 is 26.4 Å². The second-order valence-electron chi connectivity index (χ2n) is 7.55. The van der Waals surface area contributed by atoms with Crippen molar-refractivity contribution in [3.8, 4) is 22.5 Å². The van der Waals surface area contributed by atoms with Crippen LogP contribution in [0.15, 0.2) is 54.9 Å². The van der Waals surface area contributed by atoms with Crippen LogP contribution in [0.25, 0.3) is 33.7 Å². The van der Waals surface area contributed by atoms with Crippen molar-refractivity contribution < 1.29 is 14.9 Å². The van der Waals surface area contributed by atoms with Crippen molar-refractivity contribution in [2.24, 2.45) is 0 Å². The molecule has 9 heteroatoms. The first-order chi connectivity index (χ1) is 15.0. The Kier molecular flexibility index (Phi) is 4.78. The van der Waals surface area contributed by atoms with E-state index in [2.05, 4.69) is 15.0 Å². The van der Waals surface area contributed by atoms with Crippen LogP contribution in [0.2, 0.25) is 0 Å². The molecule has 6 N–H and O–H groups in total. The number of nitrogen functional groups attached to an aromatic ring is 2. The Morgan fingerprint density at radius 3 is 2.26 bits per heavy atom. The Labute approximate surface area is 178 Å². The summed E-state index contributed by atoms with van der Waals surface area (Å²) in [5.74, 6) is 0.864. The third-order valence-electron chi connectivity index (χ3n) is 5.56. The lowest BCUT2D eigenvalue weighted by atomic mass is 10.0. The number of aliphatic hydroxyl groups is 2. The van der Waals surface area contributed by atoms with Crippen LogP contribution in [0, 0.1) is 0 Å². The summed E-state index contributed by atoms with van der Waals surface area (Å²) < 4.78 is 7.70. The number of hydrogen-bond donors (Lipinski definition) is 4.